The van der Waals surface area contributed by atoms with Crippen molar-refractivity contribution in [2.45, 2.75) is 39.2 Å². The molecule has 0 aliphatic rings. The second kappa shape index (κ2) is 12.0. The van der Waals surface area contributed by atoms with Gasteiger partial charge in [-0.3, -0.25) is 4.79 Å². The smallest absolute Gasteiger partial charge is 0.410 e. The molecule has 1 amide bonds. The third-order valence-electron chi connectivity index (χ3n) is 4.88. The van der Waals surface area contributed by atoms with Crippen LogP contribution in [0, 0.1) is 4.91 Å². The summed E-state index contributed by atoms with van der Waals surface area (Å²) in [5, 5.41) is 27.0. The van der Waals surface area contributed by atoms with Crippen molar-refractivity contribution < 1.29 is 39.3 Å². The van der Waals surface area contributed by atoms with Crippen LogP contribution in [0.3, 0.4) is 0 Å². The van der Waals surface area contributed by atoms with E-state index < -0.39 is 11.7 Å². The lowest BCUT2D eigenvalue weighted by Crippen LogP contribution is -2.34. The first kappa shape index (κ1) is 28.8. The highest BCUT2D eigenvalue weighted by Crippen LogP contribution is 2.43. The zero-order valence-corrected chi connectivity index (χ0v) is 20.8. The summed E-state index contributed by atoms with van der Waals surface area (Å²) in [4.78, 5) is 36.7. The number of hydrogen-bond donors (Lipinski definition) is 2. The fraction of sp³-hybridized carbons (Fsp3) is 0.320. The van der Waals surface area contributed by atoms with Gasteiger partial charge in [-0.2, -0.15) is 0 Å². The van der Waals surface area contributed by atoms with Crippen LogP contribution in [0.1, 0.15) is 44.1 Å². The number of rotatable bonds is 9. The monoisotopic (exact) mass is 514 g/mol. The van der Waals surface area contributed by atoms with Crippen molar-refractivity contribution in [3.63, 3.8) is 0 Å². The number of ketones is 1. The molecule has 0 aliphatic carbocycles. The largest absolute Gasteiger partial charge is 0.870 e. The number of hydrogen-bond acceptors (Lipinski definition) is 11. The van der Waals surface area contributed by atoms with Gasteiger partial charge in [-0.05, 0) is 56.6 Å². The molecule has 3 aromatic rings. The number of nitroso groups, excluding NO2 is 1. The average Bonchev–Trinajstić information content (AvgIpc) is 3.27. The molecule has 0 atom stereocenters. The van der Waals surface area contributed by atoms with E-state index in [2.05, 4.69) is 10.3 Å². The summed E-state index contributed by atoms with van der Waals surface area (Å²) >= 11 is 0. The lowest BCUT2D eigenvalue weighted by atomic mass is 10.1. The van der Waals surface area contributed by atoms with E-state index >= 15 is 0 Å². The SMILES string of the molecule is CN(CCCC(=O)c1cc(-c2c(O)cc(O)cc2Oc2ccc(N=O)cc2)on1)C(=O)OC(C)(C)C.[OH-]. The van der Waals surface area contributed by atoms with E-state index in [0.29, 0.717) is 18.7 Å². The Morgan fingerprint density at radius 3 is 2.41 bits per heavy atom. The molecule has 0 bridgehead atoms. The van der Waals surface area contributed by atoms with Crippen LogP contribution in [0.25, 0.3) is 11.3 Å². The summed E-state index contributed by atoms with van der Waals surface area (Å²) < 4.78 is 16.3. The maximum Gasteiger partial charge on any atom is 0.410 e. The Balaban J connectivity index is 0.00000481. The minimum Gasteiger partial charge on any atom is -0.870 e. The highest BCUT2D eigenvalue weighted by atomic mass is 16.6. The van der Waals surface area contributed by atoms with Crippen LogP contribution >= 0.6 is 0 Å². The third-order valence-corrected chi connectivity index (χ3v) is 4.88. The van der Waals surface area contributed by atoms with Crippen LogP contribution < -0.4 is 4.74 Å². The summed E-state index contributed by atoms with van der Waals surface area (Å²) in [5.41, 5.74) is -0.306. The Bertz CT molecular complexity index is 1250. The normalized spacial score (nSPS) is 10.8. The molecular weight excluding hydrogens is 486 g/mol. The molecule has 37 heavy (non-hydrogen) atoms. The molecular formula is C25H28N3O9-. The zero-order chi connectivity index (χ0) is 26.5. The molecule has 0 fully saturated rings. The first-order chi connectivity index (χ1) is 17.0. The van der Waals surface area contributed by atoms with Crippen molar-refractivity contribution in [3.8, 4) is 34.3 Å². The van der Waals surface area contributed by atoms with Crippen LogP contribution in [-0.2, 0) is 4.74 Å². The molecule has 198 valence electrons. The fourth-order valence-electron chi connectivity index (χ4n) is 3.18. The summed E-state index contributed by atoms with van der Waals surface area (Å²) in [6.07, 6.45) is -0.00591. The van der Waals surface area contributed by atoms with Crippen molar-refractivity contribution in [1.82, 2.24) is 10.1 Å². The molecule has 0 aliphatic heterocycles. The highest BCUT2D eigenvalue weighted by molar-refractivity contribution is 5.95. The molecule has 1 aromatic heterocycles. The minimum absolute atomic E-state index is 0. The van der Waals surface area contributed by atoms with Crippen LogP contribution in [-0.4, -0.2) is 56.8 Å². The molecule has 0 saturated heterocycles. The molecule has 3 rings (SSSR count). The first-order valence-electron chi connectivity index (χ1n) is 11.1. The van der Waals surface area contributed by atoms with Crippen LogP contribution in [0.15, 0.2) is 52.2 Å². The van der Waals surface area contributed by atoms with E-state index in [4.69, 9.17) is 14.0 Å². The van der Waals surface area contributed by atoms with Gasteiger partial charge in [0.1, 0.15) is 45.5 Å². The molecule has 12 nitrogen and oxygen atoms in total. The van der Waals surface area contributed by atoms with E-state index in [1.54, 1.807) is 27.8 Å². The number of carbonyl (C=O) groups is 2. The van der Waals surface area contributed by atoms with E-state index in [1.165, 1.54) is 41.3 Å². The van der Waals surface area contributed by atoms with Gasteiger partial charge in [0.05, 0.1) is 0 Å². The summed E-state index contributed by atoms with van der Waals surface area (Å²) in [6, 6.07) is 9.58. The summed E-state index contributed by atoms with van der Waals surface area (Å²) in [7, 11) is 1.59. The van der Waals surface area contributed by atoms with E-state index in [0.717, 1.165) is 6.07 Å². The molecule has 2 aromatic carbocycles. The Labute approximate surface area is 212 Å². The van der Waals surface area contributed by atoms with Crippen molar-refractivity contribution in [2.24, 2.45) is 5.18 Å². The number of ether oxygens (including phenoxy) is 2. The second-order valence-electron chi connectivity index (χ2n) is 9.03. The van der Waals surface area contributed by atoms with Gasteiger partial charge in [-0.1, -0.05) is 5.16 Å². The lowest BCUT2D eigenvalue weighted by Gasteiger charge is -2.24. The minimum atomic E-state index is -0.614. The molecule has 0 unspecified atom stereocenters. The Hall–Kier alpha value is -4.45. The fourth-order valence-corrected chi connectivity index (χ4v) is 3.18. The van der Waals surface area contributed by atoms with Gasteiger partial charge >= 0.3 is 6.09 Å². The number of carbonyl (C=O) groups excluding carboxylic acids is 2. The second-order valence-corrected chi connectivity index (χ2v) is 9.03. The Kier molecular flexibility index (Phi) is 9.33. The van der Waals surface area contributed by atoms with Crippen molar-refractivity contribution in [1.29, 1.82) is 0 Å². The van der Waals surface area contributed by atoms with Gasteiger partial charge in [0.15, 0.2) is 11.5 Å². The maximum atomic E-state index is 12.6. The number of aromatic nitrogens is 1. The third kappa shape index (κ3) is 7.77. The van der Waals surface area contributed by atoms with Gasteiger partial charge in [-0.25, -0.2) is 4.79 Å². The predicted molar refractivity (Wildman–Crippen MR) is 132 cm³/mol. The number of Topliss-reactive ketones (excluding diaryl/α,β-unsaturated/α-hetero) is 1. The molecule has 3 N–H and O–H groups in total. The van der Waals surface area contributed by atoms with E-state index in [9.17, 15) is 24.7 Å². The molecule has 0 spiro atoms. The van der Waals surface area contributed by atoms with Crippen molar-refractivity contribution in [2.75, 3.05) is 13.6 Å². The van der Waals surface area contributed by atoms with E-state index in [1.807, 2.05) is 0 Å². The van der Waals surface area contributed by atoms with Crippen molar-refractivity contribution >= 4 is 17.6 Å². The number of phenolic OH excluding ortho intramolecular Hbond substituents is 2. The van der Waals surface area contributed by atoms with Crippen LogP contribution in [0.4, 0.5) is 10.5 Å². The quantitative estimate of drug-likeness (QED) is 0.269. The number of aromatic hydroxyl groups is 2. The maximum absolute atomic E-state index is 12.6. The number of nitrogens with zero attached hydrogens (tertiary/aromatic N) is 3. The Morgan fingerprint density at radius 1 is 1.11 bits per heavy atom. The molecule has 12 heteroatoms. The highest BCUT2D eigenvalue weighted by Gasteiger charge is 2.23. The van der Waals surface area contributed by atoms with Gasteiger partial charge in [0, 0.05) is 38.2 Å². The first-order valence-corrected chi connectivity index (χ1v) is 11.1. The van der Waals surface area contributed by atoms with Gasteiger partial charge in [0.25, 0.3) is 0 Å². The van der Waals surface area contributed by atoms with Gasteiger partial charge in [-0.15, -0.1) is 4.91 Å². The van der Waals surface area contributed by atoms with Crippen LogP contribution in [0.2, 0.25) is 0 Å². The van der Waals surface area contributed by atoms with Gasteiger partial charge in [0.2, 0.25) is 0 Å². The number of amides is 1. The van der Waals surface area contributed by atoms with Gasteiger partial charge < -0.3 is 34.6 Å². The molecule has 0 saturated carbocycles. The topological polar surface area (TPSA) is 182 Å². The summed E-state index contributed by atoms with van der Waals surface area (Å²) in [5.74, 6) is -0.553. The lowest BCUT2D eigenvalue weighted by molar-refractivity contribution is 0.0295. The standard InChI is InChI=1S/C25H27N3O8.H2O/c1-25(2,3)35-24(32)28(4)11-5-6-19(30)18-14-22(36-27-18)23-20(31)12-16(29)13-21(23)34-17-9-7-15(26-33)8-10-17;/h7-10,12-14,29,31H,5-6,11H2,1-4H3;1H2/p-1. The van der Waals surface area contributed by atoms with E-state index in [-0.39, 0.29) is 57.6 Å². The van der Waals surface area contributed by atoms with Crippen LogP contribution in [0.5, 0.6) is 23.0 Å². The predicted octanol–water partition coefficient (Wildman–Crippen LogP) is 5.60. The molecule has 1 heterocycles. The number of benzene rings is 2. The Morgan fingerprint density at radius 2 is 1.78 bits per heavy atom. The van der Waals surface area contributed by atoms with Crippen molar-refractivity contribution in [3.05, 3.63) is 53.1 Å². The summed E-state index contributed by atoms with van der Waals surface area (Å²) in [6.45, 7) is 5.62. The molecule has 0 radical (unpaired) electrons. The average molecular weight is 515 g/mol. The number of phenols is 2. The zero-order valence-electron chi connectivity index (χ0n) is 20.8.